The van der Waals surface area contributed by atoms with Gasteiger partial charge in [-0.3, -0.25) is 4.79 Å². The molecule has 3 rings (SSSR count). The van der Waals surface area contributed by atoms with E-state index in [0.717, 1.165) is 53.5 Å². The first-order valence-electron chi connectivity index (χ1n) is 12.7. The Kier molecular flexibility index (Phi) is 10.1. The van der Waals surface area contributed by atoms with Crippen molar-refractivity contribution in [1.82, 2.24) is 10.6 Å². The molecular formula is C27H40N4O4+2. The van der Waals surface area contributed by atoms with Gasteiger partial charge in [0.2, 0.25) is 5.91 Å². The van der Waals surface area contributed by atoms with Crippen LogP contribution in [0.25, 0.3) is 28.0 Å². The molecule has 2 aromatic heterocycles. The lowest BCUT2D eigenvalue weighted by Crippen LogP contribution is -2.84. The summed E-state index contributed by atoms with van der Waals surface area (Å²) >= 11 is 0. The fourth-order valence-electron chi connectivity index (χ4n) is 4.27. The van der Waals surface area contributed by atoms with Crippen LogP contribution in [0.5, 0.6) is 0 Å². The minimum absolute atomic E-state index is 0.128. The SMILES string of the molecule is Cc1oc2c(C)c3oc(=O)cc(C)c3cc2c1/C=C/C(=O)NCCCNCCCC[NH2+]CCC[NH3+]. The Hall–Kier alpha value is -2.94. The summed E-state index contributed by atoms with van der Waals surface area (Å²) in [7, 11) is 0. The topological polar surface area (TPSA) is 129 Å². The molecule has 0 aliphatic heterocycles. The van der Waals surface area contributed by atoms with E-state index in [4.69, 9.17) is 8.83 Å². The highest BCUT2D eigenvalue weighted by Gasteiger charge is 2.16. The Balaban J connectivity index is 1.47. The number of carbonyl (C=O) groups excluding carboxylic acids is 1. The number of nitrogens with two attached hydrogens (primary N) is 1. The molecule has 1 aromatic carbocycles. The van der Waals surface area contributed by atoms with Crippen LogP contribution in [0.2, 0.25) is 0 Å². The van der Waals surface area contributed by atoms with Crippen LogP contribution in [0.15, 0.2) is 31.8 Å². The van der Waals surface area contributed by atoms with E-state index in [1.807, 2.05) is 26.8 Å². The lowest BCUT2D eigenvalue weighted by atomic mass is 10.0. The molecule has 0 bridgehead atoms. The molecule has 0 spiro atoms. The van der Waals surface area contributed by atoms with Crippen LogP contribution < -0.4 is 27.3 Å². The maximum Gasteiger partial charge on any atom is 0.336 e. The van der Waals surface area contributed by atoms with Gasteiger partial charge in [0.15, 0.2) is 0 Å². The maximum absolute atomic E-state index is 12.3. The van der Waals surface area contributed by atoms with Gasteiger partial charge in [-0.1, -0.05) is 0 Å². The van der Waals surface area contributed by atoms with Crippen molar-refractivity contribution in [2.45, 2.75) is 46.5 Å². The Bertz CT molecular complexity index is 1230. The average Bonchev–Trinajstić information content (AvgIpc) is 3.14. The second-order valence-corrected chi connectivity index (χ2v) is 9.08. The molecule has 8 nitrogen and oxygen atoms in total. The lowest BCUT2D eigenvalue weighted by molar-refractivity contribution is -0.657. The number of hydrogen-bond donors (Lipinski definition) is 4. The van der Waals surface area contributed by atoms with Gasteiger partial charge in [0, 0.05) is 47.0 Å². The number of quaternary nitrogens is 2. The van der Waals surface area contributed by atoms with Gasteiger partial charge in [-0.25, -0.2) is 4.79 Å². The summed E-state index contributed by atoms with van der Waals surface area (Å²) in [6.07, 6.45) is 7.81. The quantitative estimate of drug-likeness (QED) is 0.157. The molecule has 0 saturated carbocycles. The van der Waals surface area contributed by atoms with Crippen molar-refractivity contribution in [3.63, 3.8) is 0 Å². The van der Waals surface area contributed by atoms with Gasteiger partial charge >= 0.3 is 5.63 Å². The minimum Gasteiger partial charge on any atom is -0.460 e. The predicted molar refractivity (Wildman–Crippen MR) is 139 cm³/mol. The molecule has 0 fully saturated rings. The summed E-state index contributed by atoms with van der Waals surface area (Å²) in [5.74, 6) is 0.586. The van der Waals surface area contributed by atoms with Crippen molar-refractivity contribution in [2.75, 3.05) is 39.3 Å². The van der Waals surface area contributed by atoms with E-state index in [1.165, 1.54) is 38.4 Å². The summed E-state index contributed by atoms with van der Waals surface area (Å²) in [6, 6.07) is 3.46. The van der Waals surface area contributed by atoms with Crippen LogP contribution in [0.4, 0.5) is 0 Å². The molecule has 0 radical (unpaired) electrons. The van der Waals surface area contributed by atoms with Crippen LogP contribution in [0.1, 0.15) is 48.1 Å². The number of rotatable bonds is 14. The van der Waals surface area contributed by atoms with E-state index in [9.17, 15) is 9.59 Å². The molecule has 8 heteroatoms. The first kappa shape index (κ1) is 26.7. The van der Waals surface area contributed by atoms with Crippen LogP contribution >= 0.6 is 0 Å². The number of amides is 1. The van der Waals surface area contributed by atoms with E-state index in [2.05, 4.69) is 21.7 Å². The number of nitrogens with one attached hydrogen (secondary N) is 2. The molecule has 2 heterocycles. The van der Waals surface area contributed by atoms with Crippen molar-refractivity contribution in [2.24, 2.45) is 0 Å². The number of carbonyl (C=O) groups is 1. The third kappa shape index (κ3) is 7.27. The minimum atomic E-state index is -0.373. The summed E-state index contributed by atoms with van der Waals surface area (Å²) in [5.41, 5.74) is 7.19. The average molecular weight is 485 g/mol. The zero-order valence-corrected chi connectivity index (χ0v) is 21.3. The highest BCUT2D eigenvalue weighted by Crippen LogP contribution is 2.34. The summed E-state index contributed by atoms with van der Waals surface area (Å²) < 4.78 is 11.4. The van der Waals surface area contributed by atoms with Crippen molar-refractivity contribution >= 4 is 33.9 Å². The smallest absolute Gasteiger partial charge is 0.336 e. The van der Waals surface area contributed by atoms with E-state index in [-0.39, 0.29) is 11.5 Å². The van der Waals surface area contributed by atoms with Gasteiger partial charge in [-0.2, -0.15) is 0 Å². The molecule has 3 aromatic rings. The third-order valence-electron chi connectivity index (χ3n) is 6.25. The Morgan fingerprint density at radius 1 is 0.971 bits per heavy atom. The van der Waals surface area contributed by atoms with Crippen LogP contribution in [0, 0.1) is 20.8 Å². The van der Waals surface area contributed by atoms with E-state index < -0.39 is 0 Å². The number of furan rings is 1. The second kappa shape index (κ2) is 13.2. The van der Waals surface area contributed by atoms with Crippen molar-refractivity contribution in [3.8, 4) is 0 Å². The molecule has 7 N–H and O–H groups in total. The van der Waals surface area contributed by atoms with E-state index in [0.29, 0.717) is 23.5 Å². The van der Waals surface area contributed by atoms with Gasteiger partial charge < -0.3 is 30.5 Å². The van der Waals surface area contributed by atoms with Gasteiger partial charge in [0.25, 0.3) is 0 Å². The van der Waals surface area contributed by atoms with Crippen molar-refractivity contribution < 1.29 is 24.7 Å². The highest BCUT2D eigenvalue weighted by molar-refractivity contribution is 6.03. The first-order chi connectivity index (χ1) is 16.9. The standard InChI is InChI=1S/C27H38N4O4/c1-18-16-25(33)35-26-19(2)27-23(17-22(18)26)21(20(3)34-27)8-9-24(32)31-15-7-14-30-12-5-4-11-29-13-6-10-28/h8-9,16-17,29-30H,4-7,10-15,28H2,1-3H3,(H,31,32)/p+2/b9-8+. The number of hydrogen-bond acceptors (Lipinski definition) is 5. The normalized spacial score (nSPS) is 11.8. The van der Waals surface area contributed by atoms with Gasteiger partial charge in [0.05, 0.1) is 19.6 Å². The summed E-state index contributed by atoms with van der Waals surface area (Å²) in [4.78, 5) is 24.1. The molecule has 0 atom stereocenters. The highest BCUT2D eigenvalue weighted by atomic mass is 16.4. The third-order valence-corrected chi connectivity index (χ3v) is 6.25. The van der Waals surface area contributed by atoms with E-state index in [1.54, 1.807) is 12.2 Å². The van der Waals surface area contributed by atoms with Crippen LogP contribution in [0.3, 0.4) is 0 Å². The number of unbranched alkanes of at least 4 members (excludes halogenated alkanes) is 1. The Morgan fingerprint density at radius 2 is 1.71 bits per heavy atom. The van der Waals surface area contributed by atoms with Crippen molar-refractivity contribution in [1.29, 1.82) is 0 Å². The fourth-order valence-corrected chi connectivity index (χ4v) is 4.27. The van der Waals surface area contributed by atoms with Crippen LogP contribution in [-0.4, -0.2) is 45.2 Å². The van der Waals surface area contributed by atoms with E-state index >= 15 is 0 Å². The fraction of sp³-hybridized carbons (Fsp3) is 0.481. The summed E-state index contributed by atoms with van der Waals surface area (Å²) in [6.45, 7) is 11.6. The molecule has 190 valence electrons. The van der Waals surface area contributed by atoms with Gasteiger partial charge in [-0.05, 0) is 70.8 Å². The number of aryl methyl sites for hydroxylation is 3. The molecule has 0 aliphatic carbocycles. The second-order valence-electron chi connectivity index (χ2n) is 9.08. The van der Waals surface area contributed by atoms with Crippen LogP contribution in [-0.2, 0) is 4.79 Å². The maximum atomic E-state index is 12.3. The summed E-state index contributed by atoms with van der Waals surface area (Å²) in [5, 5.41) is 10.5. The monoisotopic (exact) mass is 484 g/mol. The van der Waals surface area contributed by atoms with Crippen molar-refractivity contribution in [3.05, 3.63) is 51.1 Å². The number of fused-ring (bicyclic) bond motifs is 2. The Morgan fingerprint density at radius 3 is 2.51 bits per heavy atom. The number of benzene rings is 1. The molecule has 1 amide bonds. The zero-order valence-electron chi connectivity index (χ0n) is 21.3. The largest absolute Gasteiger partial charge is 0.460 e. The molecular weight excluding hydrogens is 444 g/mol. The zero-order chi connectivity index (χ0) is 25.2. The predicted octanol–water partition coefficient (Wildman–Crippen LogP) is 1.55. The molecule has 0 aliphatic rings. The van der Waals surface area contributed by atoms with Gasteiger partial charge in [-0.15, -0.1) is 0 Å². The molecule has 0 saturated heterocycles. The molecule has 0 unspecified atom stereocenters. The lowest BCUT2D eigenvalue weighted by Gasteiger charge is -2.05. The van der Waals surface area contributed by atoms with Gasteiger partial charge in [0.1, 0.15) is 16.9 Å². The molecule has 35 heavy (non-hydrogen) atoms. The first-order valence-corrected chi connectivity index (χ1v) is 12.7. The Labute approximate surface area is 206 Å².